The van der Waals surface area contributed by atoms with E-state index >= 15 is 0 Å². The summed E-state index contributed by atoms with van der Waals surface area (Å²) < 4.78 is 14.0. The molecule has 194 valence electrons. The molecule has 1 amide bonds. The zero-order chi connectivity index (χ0) is 26.8. The molecule has 1 fully saturated rings. The van der Waals surface area contributed by atoms with Crippen LogP contribution in [0.15, 0.2) is 97.1 Å². The molecule has 0 radical (unpaired) electrons. The first-order valence-electron chi connectivity index (χ1n) is 13.3. The summed E-state index contributed by atoms with van der Waals surface area (Å²) in [6.07, 6.45) is 0.695. The Balaban J connectivity index is 1.30. The number of anilines is 1. The van der Waals surface area contributed by atoms with Crippen LogP contribution < -0.4 is 4.90 Å². The standard InChI is InChI=1S/C33H29FN4O/c1-23-30(21-24-9-3-2-4-10-24)32(36-31(35-23)26-13-7-14-27(34)22-26)37-17-19-38(20-18-37)33(39)29-16-8-12-25-11-5-6-15-28(25)29/h2-16,22H,17-21H2,1H3. The number of fused-ring (bicyclic) bond motifs is 1. The Kier molecular flexibility index (Phi) is 6.76. The van der Waals surface area contributed by atoms with Crippen LogP contribution in [0.3, 0.4) is 0 Å². The number of aryl methyl sites for hydroxylation is 1. The zero-order valence-corrected chi connectivity index (χ0v) is 21.8. The van der Waals surface area contributed by atoms with Gasteiger partial charge < -0.3 is 9.80 Å². The van der Waals surface area contributed by atoms with Crippen molar-refractivity contribution < 1.29 is 9.18 Å². The average molecular weight is 517 g/mol. The summed E-state index contributed by atoms with van der Waals surface area (Å²) in [5, 5.41) is 2.04. The normalized spacial score (nSPS) is 13.6. The molecule has 0 spiro atoms. The summed E-state index contributed by atoms with van der Waals surface area (Å²) in [5.74, 6) is 1.09. The van der Waals surface area contributed by atoms with Gasteiger partial charge in [0.1, 0.15) is 11.6 Å². The molecular formula is C33H29FN4O. The van der Waals surface area contributed by atoms with E-state index in [9.17, 15) is 9.18 Å². The second kappa shape index (κ2) is 10.7. The van der Waals surface area contributed by atoms with E-state index in [0.717, 1.165) is 33.4 Å². The maximum Gasteiger partial charge on any atom is 0.254 e. The topological polar surface area (TPSA) is 49.3 Å². The van der Waals surface area contributed by atoms with Crippen molar-refractivity contribution in [2.24, 2.45) is 0 Å². The quantitative estimate of drug-likeness (QED) is 0.275. The molecule has 0 saturated carbocycles. The summed E-state index contributed by atoms with van der Waals surface area (Å²) in [6.45, 7) is 4.47. The second-order valence-electron chi connectivity index (χ2n) is 9.91. The number of piperazine rings is 1. The number of nitrogens with zero attached hydrogens (tertiary/aromatic N) is 4. The van der Waals surface area contributed by atoms with E-state index in [1.807, 2.05) is 78.6 Å². The van der Waals surface area contributed by atoms with Gasteiger partial charge in [0.05, 0.1) is 0 Å². The lowest BCUT2D eigenvalue weighted by Gasteiger charge is -2.36. The molecule has 6 heteroatoms. The Morgan fingerprint density at radius 1 is 0.821 bits per heavy atom. The first kappa shape index (κ1) is 24.7. The Morgan fingerprint density at radius 2 is 1.54 bits per heavy atom. The minimum absolute atomic E-state index is 0.0512. The van der Waals surface area contributed by atoms with Crippen molar-refractivity contribution in [1.29, 1.82) is 0 Å². The van der Waals surface area contributed by atoms with Gasteiger partial charge in [-0.2, -0.15) is 0 Å². The maximum absolute atomic E-state index is 14.0. The SMILES string of the molecule is Cc1nc(-c2cccc(F)c2)nc(N2CCN(C(=O)c3cccc4ccccc34)CC2)c1Cc1ccccc1. The lowest BCUT2D eigenvalue weighted by atomic mass is 10.0. The molecule has 1 saturated heterocycles. The van der Waals surface area contributed by atoms with Gasteiger partial charge in [-0.25, -0.2) is 14.4 Å². The monoisotopic (exact) mass is 516 g/mol. The van der Waals surface area contributed by atoms with Crippen LogP contribution in [0.25, 0.3) is 22.2 Å². The number of carbonyl (C=O) groups excluding carboxylic acids is 1. The molecule has 4 aromatic carbocycles. The Labute approximate surface area is 227 Å². The molecule has 5 nitrogen and oxygen atoms in total. The third-order valence-electron chi connectivity index (χ3n) is 7.39. The van der Waals surface area contributed by atoms with Crippen molar-refractivity contribution in [1.82, 2.24) is 14.9 Å². The van der Waals surface area contributed by atoms with E-state index in [-0.39, 0.29) is 11.7 Å². The lowest BCUT2D eigenvalue weighted by molar-refractivity contribution is 0.0748. The molecule has 0 atom stereocenters. The van der Waals surface area contributed by atoms with Crippen molar-refractivity contribution in [3.63, 3.8) is 0 Å². The molecule has 5 aromatic rings. The van der Waals surface area contributed by atoms with Crippen molar-refractivity contribution in [3.8, 4) is 11.4 Å². The number of carbonyl (C=O) groups is 1. The third kappa shape index (κ3) is 5.10. The number of hydrogen-bond donors (Lipinski definition) is 0. The average Bonchev–Trinajstić information content (AvgIpc) is 2.98. The molecule has 39 heavy (non-hydrogen) atoms. The van der Waals surface area contributed by atoms with E-state index in [1.165, 1.54) is 17.7 Å². The van der Waals surface area contributed by atoms with Gasteiger partial charge in [-0.3, -0.25) is 4.79 Å². The minimum atomic E-state index is -0.316. The highest BCUT2D eigenvalue weighted by Gasteiger charge is 2.26. The highest BCUT2D eigenvalue weighted by Crippen LogP contribution is 2.29. The first-order chi connectivity index (χ1) is 19.1. The summed E-state index contributed by atoms with van der Waals surface area (Å²) in [7, 11) is 0. The fraction of sp³-hybridized carbons (Fsp3) is 0.182. The molecule has 1 aliphatic rings. The number of amides is 1. The predicted molar refractivity (Wildman–Crippen MR) is 153 cm³/mol. The van der Waals surface area contributed by atoms with E-state index in [1.54, 1.807) is 6.07 Å². The van der Waals surface area contributed by atoms with Crippen molar-refractivity contribution in [3.05, 3.63) is 125 Å². The Hall–Kier alpha value is -4.58. The number of benzene rings is 4. The molecule has 6 rings (SSSR count). The van der Waals surface area contributed by atoms with Crippen LogP contribution in [-0.4, -0.2) is 47.0 Å². The van der Waals surface area contributed by atoms with E-state index < -0.39 is 0 Å². The van der Waals surface area contributed by atoms with E-state index in [4.69, 9.17) is 9.97 Å². The van der Waals surface area contributed by atoms with Gasteiger partial charge in [0, 0.05) is 55.0 Å². The number of rotatable bonds is 5. The Morgan fingerprint density at radius 3 is 2.33 bits per heavy atom. The molecule has 0 bridgehead atoms. The number of halogens is 1. The molecule has 1 aliphatic heterocycles. The highest BCUT2D eigenvalue weighted by atomic mass is 19.1. The molecular weight excluding hydrogens is 487 g/mol. The smallest absolute Gasteiger partial charge is 0.254 e. The van der Waals surface area contributed by atoms with Crippen LogP contribution in [0.2, 0.25) is 0 Å². The summed E-state index contributed by atoms with van der Waals surface area (Å²) in [6, 6.07) is 30.6. The Bertz CT molecular complexity index is 1640. The molecule has 2 heterocycles. The summed E-state index contributed by atoms with van der Waals surface area (Å²) in [5.41, 5.74) is 4.48. The minimum Gasteiger partial charge on any atom is -0.353 e. The largest absolute Gasteiger partial charge is 0.353 e. The third-order valence-corrected chi connectivity index (χ3v) is 7.39. The molecule has 1 aromatic heterocycles. The van der Waals surface area contributed by atoms with E-state index in [0.29, 0.717) is 44.0 Å². The van der Waals surface area contributed by atoms with Gasteiger partial charge >= 0.3 is 0 Å². The fourth-order valence-corrected chi connectivity index (χ4v) is 5.31. The van der Waals surface area contributed by atoms with Gasteiger partial charge in [0.25, 0.3) is 5.91 Å². The molecule has 0 aliphatic carbocycles. The highest BCUT2D eigenvalue weighted by molar-refractivity contribution is 6.07. The van der Waals surface area contributed by atoms with Crippen molar-refractivity contribution in [2.45, 2.75) is 13.3 Å². The lowest BCUT2D eigenvalue weighted by Crippen LogP contribution is -2.49. The van der Waals surface area contributed by atoms with Crippen LogP contribution in [0, 0.1) is 12.7 Å². The second-order valence-corrected chi connectivity index (χ2v) is 9.91. The van der Waals surface area contributed by atoms with Gasteiger partial charge in [0.15, 0.2) is 5.82 Å². The molecule has 0 N–H and O–H groups in total. The van der Waals surface area contributed by atoms with Crippen LogP contribution in [0.5, 0.6) is 0 Å². The van der Waals surface area contributed by atoms with Crippen LogP contribution >= 0.6 is 0 Å². The summed E-state index contributed by atoms with van der Waals surface area (Å²) >= 11 is 0. The fourth-order valence-electron chi connectivity index (χ4n) is 5.31. The van der Waals surface area contributed by atoms with Crippen molar-refractivity contribution in [2.75, 3.05) is 31.1 Å². The predicted octanol–water partition coefficient (Wildman–Crippen LogP) is 6.30. The number of aromatic nitrogens is 2. The summed E-state index contributed by atoms with van der Waals surface area (Å²) in [4.78, 5) is 27.5. The van der Waals surface area contributed by atoms with Crippen molar-refractivity contribution >= 4 is 22.5 Å². The number of hydrogen-bond acceptors (Lipinski definition) is 4. The van der Waals surface area contributed by atoms with Crippen LogP contribution in [0.4, 0.5) is 10.2 Å². The van der Waals surface area contributed by atoms with Gasteiger partial charge in [-0.15, -0.1) is 0 Å². The molecule has 0 unspecified atom stereocenters. The van der Waals surface area contributed by atoms with Crippen LogP contribution in [0.1, 0.15) is 27.2 Å². The maximum atomic E-state index is 14.0. The first-order valence-corrected chi connectivity index (χ1v) is 13.3. The van der Waals surface area contributed by atoms with Gasteiger partial charge in [0.2, 0.25) is 0 Å². The van der Waals surface area contributed by atoms with Gasteiger partial charge in [-0.05, 0) is 41.5 Å². The van der Waals surface area contributed by atoms with Gasteiger partial charge in [-0.1, -0.05) is 78.9 Å². The zero-order valence-electron chi connectivity index (χ0n) is 21.8. The van der Waals surface area contributed by atoms with E-state index in [2.05, 4.69) is 17.0 Å². The van der Waals surface area contributed by atoms with Crippen LogP contribution in [-0.2, 0) is 6.42 Å².